The van der Waals surface area contributed by atoms with Gasteiger partial charge in [-0.3, -0.25) is 9.69 Å². The molecule has 2 N–H and O–H groups in total. The number of hydrogen-bond donors (Lipinski definition) is 2. The van der Waals surface area contributed by atoms with Crippen molar-refractivity contribution in [3.63, 3.8) is 0 Å². The lowest BCUT2D eigenvalue weighted by atomic mass is 10.2. The number of hydrogen-bond acceptors (Lipinski definition) is 4. The predicted octanol–water partition coefficient (Wildman–Crippen LogP) is 1.05. The van der Waals surface area contributed by atoms with E-state index in [1.54, 1.807) is 6.07 Å². The quantitative estimate of drug-likeness (QED) is 0.849. The van der Waals surface area contributed by atoms with Crippen LogP contribution >= 0.6 is 0 Å². The zero-order chi connectivity index (χ0) is 14.6. The molecule has 3 heterocycles. The summed E-state index contributed by atoms with van der Waals surface area (Å²) in [5, 5.41) is 12.3. The minimum absolute atomic E-state index is 0.0655. The van der Waals surface area contributed by atoms with Crippen molar-refractivity contribution in [1.82, 2.24) is 10.3 Å². The van der Waals surface area contributed by atoms with Gasteiger partial charge in [0.2, 0.25) is 0 Å². The number of carboxylic acid groups (broad SMARTS) is 1. The summed E-state index contributed by atoms with van der Waals surface area (Å²) < 4.78 is 0. The van der Waals surface area contributed by atoms with Crippen LogP contribution in [0, 0.1) is 0 Å². The van der Waals surface area contributed by atoms with Gasteiger partial charge in [-0.25, -0.2) is 9.78 Å². The summed E-state index contributed by atoms with van der Waals surface area (Å²) in [4.78, 5) is 31.4. The number of rotatable bonds is 2. The number of aromatic nitrogens is 1. The third-order valence-corrected chi connectivity index (χ3v) is 4.30. The fraction of sp³-hybridized carbons (Fsp3) is 0.500. The van der Waals surface area contributed by atoms with E-state index in [0.717, 1.165) is 31.5 Å². The Hall–Kier alpha value is -2.31. The lowest BCUT2D eigenvalue weighted by molar-refractivity contribution is 0.0946. The molecule has 3 aliphatic rings. The number of carbonyl (C=O) groups excluding carboxylic acids is 1. The fourth-order valence-corrected chi connectivity index (χ4v) is 3.07. The summed E-state index contributed by atoms with van der Waals surface area (Å²) in [5.74, 6) is 0.165. The summed E-state index contributed by atoms with van der Waals surface area (Å²) in [5.41, 5.74) is 1.09. The maximum Gasteiger partial charge on any atom is 0.413 e. The first-order chi connectivity index (χ1) is 10.1. The number of anilines is 2. The number of nitrogens with one attached hydrogen (secondary N) is 1. The van der Waals surface area contributed by atoms with Crippen molar-refractivity contribution in [2.75, 3.05) is 22.9 Å². The Morgan fingerprint density at radius 3 is 2.81 bits per heavy atom. The van der Waals surface area contributed by atoms with Gasteiger partial charge in [-0.2, -0.15) is 0 Å². The van der Waals surface area contributed by atoms with Crippen LogP contribution in [0.5, 0.6) is 0 Å². The smallest absolute Gasteiger partial charge is 0.413 e. The Labute approximate surface area is 121 Å². The highest BCUT2D eigenvalue weighted by Gasteiger charge is 2.40. The topological polar surface area (TPSA) is 85.8 Å². The molecule has 0 spiro atoms. The van der Waals surface area contributed by atoms with Gasteiger partial charge in [0.15, 0.2) is 5.82 Å². The van der Waals surface area contributed by atoms with E-state index < -0.39 is 6.09 Å². The monoisotopic (exact) mass is 288 g/mol. The fourth-order valence-electron chi connectivity index (χ4n) is 3.07. The van der Waals surface area contributed by atoms with E-state index in [1.807, 2.05) is 6.07 Å². The SMILES string of the molecule is O=C(NC1CC1)c1ccc2c(n1)N(C(=O)O)[C@H]1CCN2C1. The molecule has 2 aliphatic heterocycles. The number of carbonyl (C=O) groups is 2. The molecular weight excluding hydrogens is 272 g/mol. The largest absolute Gasteiger partial charge is 0.465 e. The molecule has 1 aliphatic carbocycles. The summed E-state index contributed by atoms with van der Waals surface area (Å²) >= 11 is 0. The first kappa shape index (κ1) is 12.4. The second-order valence-electron chi connectivity index (χ2n) is 5.83. The number of pyridine rings is 1. The molecule has 2 fully saturated rings. The Morgan fingerprint density at radius 1 is 1.29 bits per heavy atom. The van der Waals surface area contributed by atoms with Crippen LogP contribution in [0.3, 0.4) is 0 Å². The summed E-state index contributed by atoms with van der Waals surface area (Å²) in [6, 6.07) is 3.67. The summed E-state index contributed by atoms with van der Waals surface area (Å²) in [6.45, 7) is 1.53. The van der Waals surface area contributed by atoms with Gasteiger partial charge in [-0.1, -0.05) is 0 Å². The van der Waals surface area contributed by atoms with Crippen molar-refractivity contribution in [1.29, 1.82) is 0 Å². The second kappa shape index (κ2) is 4.34. The molecule has 4 rings (SSSR count). The molecule has 2 amide bonds. The molecule has 7 nitrogen and oxygen atoms in total. The van der Waals surface area contributed by atoms with Crippen molar-refractivity contribution < 1.29 is 14.7 Å². The van der Waals surface area contributed by atoms with Crippen LogP contribution < -0.4 is 15.1 Å². The Kier molecular flexibility index (Phi) is 2.57. The third-order valence-electron chi connectivity index (χ3n) is 4.30. The van der Waals surface area contributed by atoms with Crippen molar-refractivity contribution in [2.45, 2.75) is 31.3 Å². The molecule has 0 radical (unpaired) electrons. The van der Waals surface area contributed by atoms with Gasteiger partial charge < -0.3 is 15.3 Å². The minimum atomic E-state index is -1.00. The van der Waals surface area contributed by atoms with Gasteiger partial charge >= 0.3 is 6.09 Å². The van der Waals surface area contributed by atoms with Crippen LogP contribution in [-0.4, -0.2) is 47.3 Å². The van der Waals surface area contributed by atoms with Gasteiger partial charge in [0.05, 0.1) is 11.7 Å². The lowest BCUT2D eigenvalue weighted by Gasteiger charge is -2.34. The van der Waals surface area contributed by atoms with Crippen molar-refractivity contribution >= 4 is 23.5 Å². The molecule has 7 heteroatoms. The van der Waals surface area contributed by atoms with E-state index in [4.69, 9.17) is 0 Å². The van der Waals surface area contributed by atoms with Crippen molar-refractivity contribution in [3.05, 3.63) is 17.8 Å². The molecule has 1 aromatic rings. The third kappa shape index (κ3) is 2.00. The van der Waals surface area contributed by atoms with E-state index in [0.29, 0.717) is 12.4 Å². The highest BCUT2D eigenvalue weighted by Crippen LogP contribution is 2.38. The van der Waals surface area contributed by atoms with Crippen LogP contribution in [0.15, 0.2) is 12.1 Å². The zero-order valence-electron chi connectivity index (χ0n) is 11.5. The van der Waals surface area contributed by atoms with Gasteiger partial charge in [0.1, 0.15) is 5.69 Å². The van der Waals surface area contributed by atoms with Crippen molar-refractivity contribution in [3.8, 4) is 0 Å². The highest BCUT2D eigenvalue weighted by atomic mass is 16.4. The van der Waals surface area contributed by atoms with Gasteiger partial charge in [-0.05, 0) is 31.4 Å². The number of nitrogens with zero attached hydrogens (tertiary/aromatic N) is 3. The molecule has 110 valence electrons. The van der Waals surface area contributed by atoms with Crippen LogP contribution in [0.25, 0.3) is 0 Å². The predicted molar refractivity (Wildman–Crippen MR) is 75.8 cm³/mol. The van der Waals surface area contributed by atoms with Gasteiger partial charge in [-0.15, -0.1) is 0 Å². The van der Waals surface area contributed by atoms with E-state index >= 15 is 0 Å². The Balaban J connectivity index is 1.72. The molecule has 1 saturated carbocycles. The average Bonchev–Trinajstić information content (AvgIpc) is 3.18. The molecule has 1 atom stereocenters. The molecular formula is C14H16N4O3. The second-order valence-corrected chi connectivity index (χ2v) is 5.83. The Morgan fingerprint density at radius 2 is 2.10 bits per heavy atom. The minimum Gasteiger partial charge on any atom is -0.465 e. The van der Waals surface area contributed by atoms with Crippen LogP contribution in [0.4, 0.5) is 16.3 Å². The maximum atomic E-state index is 12.1. The van der Waals surface area contributed by atoms with Gasteiger partial charge in [0.25, 0.3) is 5.91 Å². The molecule has 0 unspecified atom stereocenters. The van der Waals surface area contributed by atoms with E-state index in [-0.39, 0.29) is 23.7 Å². The lowest BCUT2D eigenvalue weighted by Crippen LogP contribution is -2.46. The average molecular weight is 288 g/mol. The first-order valence-corrected chi connectivity index (χ1v) is 7.22. The summed E-state index contributed by atoms with van der Waals surface area (Å²) in [7, 11) is 0. The molecule has 2 bridgehead atoms. The number of amides is 2. The molecule has 1 saturated heterocycles. The van der Waals surface area contributed by atoms with E-state index in [1.165, 1.54) is 4.90 Å². The zero-order valence-corrected chi connectivity index (χ0v) is 11.5. The van der Waals surface area contributed by atoms with Crippen molar-refractivity contribution in [2.24, 2.45) is 0 Å². The maximum absolute atomic E-state index is 12.1. The van der Waals surface area contributed by atoms with Crippen LogP contribution in [0.2, 0.25) is 0 Å². The van der Waals surface area contributed by atoms with Crippen LogP contribution in [0.1, 0.15) is 29.8 Å². The standard InChI is InChI=1S/C14H16N4O3/c19-13(15-8-1-2-8)10-3-4-11-12(16-10)18(14(20)21)9-5-6-17(11)7-9/h3-4,8-9H,1-2,5-7H2,(H,15,19)(H,20,21)/t9-/m0/s1. The normalized spacial score (nSPS) is 23.0. The molecule has 1 aromatic heterocycles. The van der Waals surface area contributed by atoms with E-state index in [9.17, 15) is 14.7 Å². The summed E-state index contributed by atoms with van der Waals surface area (Å²) in [6.07, 6.45) is 1.81. The van der Waals surface area contributed by atoms with Gasteiger partial charge in [0, 0.05) is 19.1 Å². The molecule has 0 aromatic carbocycles. The van der Waals surface area contributed by atoms with Crippen LogP contribution in [-0.2, 0) is 0 Å². The molecule has 21 heavy (non-hydrogen) atoms. The first-order valence-electron chi connectivity index (χ1n) is 7.22. The highest BCUT2D eigenvalue weighted by molar-refractivity contribution is 5.97. The number of fused-ring (bicyclic) bond motifs is 4. The Bertz CT molecular complexity index is 629. The van der Waals surface area contributed by atoms with E-state index in [2.05, 4.69) is 15.2 Å².